The van der Waals surface area contributed by atoms with Gasteiger partial charge >= 0.3 is 24.8 Å². The molecule has 6 nitrogen and oxygen atoms in total. The van der Waals surface area contributed by atoms with Gasteiger partial charge in [-0.2, -0.15) is 11.8 Å². The van der Waals surface area contributed by atoms with E-state index in [1.165, 1.54) is 32.1 Å². The van der Waals surface area contributed by atoms with Crippen molar-refractivity contribution in [2.45, 2.75) is 90.1 Å². The fourth-order valence-electron chi connectivity index (χ4n) is 5.59. The van der Waals surface area contributed by atoms with E-state index in [0.29, 0.717) is 29.2 Å². The first kappa shape index (κ1) is 34.0. The van der Waals surface area contributed by atoms with Crippen molar-refractivity contribution in [2.24, 2.45) is 5.92 Å². The second kappa shape index (κ2) is 16.9. The molecule has 2 aromatic carbocycles. The monoisotopic (exact) mass is 560 g/mol. The van der Waals surface area contributed by atoms with E-state index in [1.54, 1.807) is 17.8 Å². The van der Waals surface area contributed by atoms with Gasteiger partial charge in [-0.3, -0.25) is 9.59 Å². The number of nitrogens with one attached hydrogen (secondary N) is 2. The molecule has 1 saturated carbocycles. The van der Waals surface area contributed by atoms with Crippen LogP contribution in [-0.4, -0.2) is 65.8 Å². The van der Waals surface area contributed by atoms with Gasteiger partial charge in [-0.15, -0.1) is 0 Å². The molecule has 0 spiro atoms. The molecule has 0 aliphatic heterocycles. The number of carboxylic acid groups (broad SMARTS) is 1. The fraction of sp³-hybridized carbons (Fsp3) is 0.531. The van der Waals surface area contributed by atoms with Crippen molar-refractivity contribution in [1.29, 1.82) is 0 Å². The van der Waals surface area contributed by atoms with E-state index in [-0.39, 0.29) is 36.7 Å². The summed E-state index contributed by atoms with van der Waals surface area (Å²) in [6, 6.07) is 12.5. The number of thioether (sulfide) groups is 1. The van der Waals surface area contributed by atoms with Gasteiger partial charge in [0.05, 0.1) is 5.92 Å². The molecule has 0 saturated heterocycles. The molecule has 0 aromatic heterocycles. The zero-order valence-corrected chi connectivity index (χ0v) is 24.6. The van der Waals surface area contributed by atoms with Crippen LogP contribution in [0.2, 0.25) is 0 Å². The van der Waals surface area contributed by atoms with Gasteiger partial charge in [0.2, 0.25) is 5.91 Å². The Balaban J connectivity index is 0.00000560. The molecule has 40 heavy (non-hydrogen) atoms. The summed E-state index contributed by atoms with van der Waals surface area (Å²) in [6.45, 7) is 6.07. The van der Waals surface area contributed by atoms with Crippen molar-refractivity contribution in [3.05, 3.63) is 59.2 Å². The minimum atomic E-state index is -1.05. The molecule has 0 bridgehead atoms. The SMILES string of the molecule is CCCC(NC(=O)C(C)c1ccc(C(=O)NC(CCSC)C(=O)O)c(-c2ccccc2C)c1)C1CCCCC1.[LiH]. The van der Waals surface area contributed by atoms with Crippen molar-refractivity contribution >= 4 is 48.4 Å². The Hall–Kier alpha value is -2.20. The predicted octanol–water partition coefficient (Wildman–Crippen LogP) is 5.92. The first-order valence-electron chi connectivity index (χ1n) is 14.3. The number of amides is 2. The molecule has 2 amide bonds. The summed E-state index contributed by atoms with van der Waals surface area (Å²) in [6.07, 6.45) is 10.4. The van der Waals surface area contributed by atoms with Crippen molar-refractivity contribution in [2.75, 3.05) is 12.0 Å². The third-order valence-electron chi connectivity index (χ3n) is 7.98. The molecule has 0 heterocycles. The first-order valence-corrected chi connectivity index (χ1v) is 15.7. The molecule has 1 aliphatic rings. The number of carbonyl (C=O) groups is 3. The Morgan fingerprint density at radius 2 is 1.70 bits per heavy atom. The minimum absolute atomic E-state index is 0. The van der Waals surface area contributed by atoms with E-state index in [2.05, 4.69) is 17.6 Å². The van der Waals surface area contributed by atoms with Crippen LogP contribution in [0.15, 0.2) is 42.5 Å². The number of carbonyl (C=O) groups excluding carboxylic acids is 2. The summed E-state index contributed by atoms with van der Waals surface area (Å²) in [5.41, 5.74) is 3.83. The zero-order chi connectivity index (χ0) is 28.4. The summed E-state index contributed by atoms with van der Waals surface area (Å²) in [4.78, 5) is 38.6. The normalized spacial score (nSPS) is 15.8. The van der Waals surface area contributed by atoms with Gasteiger partial charge in [-0.05, 0) is 91.8 Å². The number of carboxylic acids is 1. The van der Waals surface area contributed by atoms with Crippen LogP contribution >= 0.6 is 11.8 Å². The van der Waals surface area contributed by atoms with Crippen molar-refractivity contribution < 1.29 is 19.5 Å². The molecule has 0 radical (unpaired) electrons. The third-order valence-corrected chi connectivity index (χ3v) is 8.62. The topological polar surface area (TPSA) is 95.5 Å². The van der Waals surface area contributed by atoms with E-state index in [0.717, 1.165) is 29.5 Å². The number of rotatable bonds is 13. The summed E-state index contributed by atoms with van der Waals surface area (Å²) >= 11 is 1.54. The first-order chi connectivity index (χ1) is 18.8. The summed E-state index contributed by atoms with van der Waals surface area (Å²) < 4.78 is 0. The van der Waals surface area contributed by atoms with E-state index < -0.39 is 17.9 Å². The molecule has 3 rings (SSSR count). The van der Waals surface area contributed by atoms with Crippen molar-refractivity contribution in [3.63, 3.8) is 0 Å². The number of hydrogen-bond donors (Lipinski definition) is 3. The summed E-state index contributed by atoms with van der Waals surface area (Å²) in [7, 11) is 0. The maximum absolute atomic E-state index is 13.5. The van der Waals surface area contributed by atoms with Gasteiger partial charge in [0.25, 0.3) is 5.91 Å². The van der Waals surface area contributed by atoms with Gasteiger partial charge in [0.15, 0.2) is 0 Å². The second-order valence-electron chi connectivity index (χ2n) is 10.8. The van der Waals surface area contributed by atoms with Crippen LogP contribution < -0.4 is 10.6 Å². The van der Waals surface area contributed by atoms with Crippen LogP contribution in [0.1, 0.15) is 92.6 Å². The Morgan fingerprint density at radius 3 is 2.33 bits per heavy atom. The summed E-state index contributed by atoms with van der Waals surface area (Å²) in [5, 5.41) is 15.7. The molecule has 1 fully saturated rings. The van der Waals surface area contributed by atoms with Crippen LogP contribution in [0.4, 0.5) is 0 Å². The molecule has 3 atom stereocenters. The number of benzene rings is 2. The standard InChI is InChI=1S/C32H44N2O4S.Li.H/c1-5-11-28(23-13-7-6-8-14-23)33-30(35)22(3)24-16-17-26(27(20-24)25-15-10-9-12-21(25)2)31(36)34-29(32(37)38)18-19-39-4;;/h9-10,12,15-17,20,22-23,28-29H,5-8,11,13-14,18-19H2,1-4H3,(H,33,35)(H,34,36)(H,37,38);;. The van der Waals surface area contributed by atoms with E-state index in [9.17, 15) is 19.5 Å². The molecule has 2 aromatic rings. The fourth-order valence-corrected chi connectivity index (χ4v) is 6.06. The van der Waals surface area contributed by atoms with Crippen molar-refractivity contribution in [1.82, 2.24) is 10.6 Å². The Morgan fingerprint density at radius 1 is 1.00 bits per heavy atom. The number of aliphatic carboxylic acids is 1. The van der Waals surface area contributed by atoms with Crippen LogP contribution in [0.3, 0.4) is 0 Å². The van der Waals surface area contributed by atoms with Gasteiger partial charge in [-0.1, -0.05) is 62.9 Å². The van der Waals surface area contributed by atoms with E-state index in [1.807, 2.05) is 56.5 Å². The second-order valence-corrected chi connectivity index (χ2v) is 11.8. The average Bonchev–Trinajstić information content (AvgIpc) is 2.94. The molecule has 8 heteroatoms. The molecule has 214 valence electrons. The van der Waals surface area contributed by atoms with Crippen LogP contribution in [0.25, 0.3) is 11.1 Å². The van der Waals surface area contributed by atoms with Gasteiger partial charge in [0.1, 0.15) is 6.04 Å². The van der Waals surface area contributed by atoms with Gasteiger partial charge in [-0.25, -0.2) is 4.79 Å². The zero-order valence-electron chi connectivity index (χ0n) is 23.8. The average molecular weight is 561 g/mol. The Labute approximate surface area is 256 Å². The maximum atomic E-state index is 13.5. The number of aryl methyl sites for hydroxylation is 1. The van der Waals surface area contributed by atoms with Gasteiger partial charge < -0.3 is 15.7 Å². The van der Waals surface area contributed by atoms with E-state index in [4.69, 9.17) is 0 Å². The molecule has 1 aliphatic carbocycles. The molecular weight excluding hydrogens is 515 g/mol. The Bertz CT molecular complexity index is 1140. The quantitative estimate of drug-likeness (QED) is 0.265. The van der Waals surface area contributed by atoms with Crippen LogP contribution in [0, 0.1) is 12.8 Å². The summed E-state index contributed by atoms with van der Waals surface area (Å²) in [5.74, 6) is -0.678. The van der Waals surface area contributed by atoms with Crippen molar-refractivity contribution in [3.8, 4) is 11.1 Å². The Kier molecular flexibility index (Phi) is 14.4. The van der Waals surface area contributed by atoms with Gasteiger partial charge in [0, 0.05) is 11.6 Å². The third kappa shape index (κ3) is 9.16. The molecule has 3 N–H and O–H groups in total. The molecular formula is C32H45LiN2O4S. The predicted molar refractivity (Wildman–Crippen MR) is 167 cm³/mol. The van der Waals surface area contributed by atoms with E-state index >= 15 is 0 Å². The molecule has 3 unspecified atom stereocenters. The van der Waals surface area contributed by atoms with Crippen LogP contribution in [-0.2, 0) is 9.59 Å². The number of hydrogen-bond acceptors (Lipinski definition) is 4. The van der Waals surface area contributed by atoms with Crippen LogP contribution in [0.5, 0.6) is 0 Å².